The number of nitrogens with zero attached hydrogens (tertiary/aromatic N) is 1. The van der Waals surface area contributed by atoms with Crippen LogP contribution in [0.5, 0.6) is 5.75 Å². The first-order valence-corrected chi connectivity index (χ1v) is 7.26. The van der Waals surface area contributed by atoms with E-state index in [2.05, 4.69) is 0 Å². The highest BCUT2D eigenvalue weighted by atomic mass is 16.5. The minimum Gasteiger partial charge on any atom is -0.497 e. The number of carbonyl (C=O) groups excluding carboxylic acids is 1. The van der Waals surface area contributed by atoms with Crippen LogP contribution in [0.25, 0.3) is 0 Å². The summed E-state index contributed by atoms with van der Waals surface area (Å²) in [6.45, 7) is 0. The van der Waals surface area contributed by atoms with E-state index in [4.69, 9.17) is 10.5 Å². The van der Waals surface area contributed by atoms with E-state index in [9.17, 15) is 4.79 Å². The van der Waals surface area contributed by atoms with Gasteiger partial charge in [-0.05, 0) is 30.5 Å². The summed E-state index contributed by atoms with van der Waals surface area (Å²) in [6, 6.07) is 7.95. The fourth-order valence-electron chi connectivity index (χ4n) is 2.89. The van der Waals surface area contributed by atoms with Crippen LogP contribution in [0.2, 0.25) is 0 Å². The summed E-state index contributed by atoms with van der Waals surface area (Å²) in [5.41, 5.74) is 7.12. The maximum Gasteiger partial charge on any atom is 0.227 e. The Bertz CT molecular complexity index is 462. The zero-order valence-corrected chi connectivity index (χ0v) is 12.3. The van der Waals surface area contributed by atoms with Gasteiger partial charge in [-0.2, -0.15) is 0 Å². The number of hydrogen-bond acceptors (Lipinski definition) is 3. The summed E-state index contributed by atoms with van der Waals surface area (Å²) in [4.78, 5) is 14.2. The Morgan fingerprint density at radius 1 is 1.40 bits per heavy atom. The molecule has 0 bridgehead atoms. The van der Waals surface area contributed by atoms with Crippen molar-refractivity contribution in [2.75, 3.05) is 14.2 Å². The molecular formula is C16H24N2O2. The number of benzene rings is 1. The van der Waals surface area contributed by atoms with Gasteiger partial charge in [-0.15, -0.1) is 0 Å². The third kappa shape index (κ3) is 3.51. The first-order valence-electron chi connectivity index (χ1n) is 7.26. The van der Waals surface area contributed by atoms with Crippen LogP contribution in [0.1, 0.15) is 31.2 Å². The second-order valence-electron chi connectivity index (χ2n) is 5.55. The van der Waals surface area contributed by atoms with Crippen LogP contribution in [0, 0.1) is 0 Å². The monoisotopic (exact) mass is 276 g/mol. The smallest absolute Gasteiger partial charge is 0.227 e. The molecule has 0 heterocycles. The first-order chi connectivity index (χ1) is 9.61. The number of amides is 1. The summed E-state index contributed by atoms with van der Waals surface area (Å²) >= 11 is 0. The number of methoxy groups -OCH3 is 1. The Morgan fingerprint density at radius 2 is 2.15 bits per heavy atom. The van der Waals surface area contributed by atoms with E-state index < -0.39 is 0 Å². The Labute approximate surface area is 120 Å². The van der Waals surface area contributed by atoms with E-state index in [-0.39, 0.29) is 18.0 Å². The molecule has 0 aliphatic heterocycles. The van der Waals surface area contributed by atoms with Crippen molar-refractivity contribution in [2.45, 2.75) is 44.2 Å². The van der Waals surface area contributed by atoms with Gasteiger partial charge in [0, 0.05) is 19.1 Å². The molecule has 2 N–H and O–H groups in total. The van der Waals surface area contributed by atoms with Crippen molar-refractivity contribution in [3.05, 3.63) is 29.8 Å². The zero-order valence-electron chi connectivity index (χ0n) is 12.3. The van der Waals surface area contributed by atoms with Crippen LogP contribution < -0.4 is 10.5 Å². The Balaban J connectivity index is 1.99. The van der Waals surface area contributed by atoms with Gasteiger partial charge in [0.25, 0.3) is 0 Å². The maximum atomic E-state index is 12.4. The van der Waals surface area contributed by atoms with E-state index >= 15 is 0 Å². The normalized spacial score (nSPS) is 22.4. The Hall–Kier alpha value is -1.55. The number of nitrogens with two attached hydrogens (primary N) is 1. The number of rotatable bonds is 4. The van der Waals surface area contributed by atoms with Crippen LogP contribution in [0.15, 0.2) is 24.3 Å². The van der Waals surface area contributed by atoms with Crippen LogP contribution in [0.3, 0.4) is 0 Å². The molecule has 2 atom stereocenters. The van der Waals surface area contributed by atoms with Crippen molar-refractivity contribution >= 4 is 5.91 Å². The van der Waals surface area contributed by atoms with Gasteiger partial charge in [-0.3, -0.25) is 4.79 Å². The fourth-order valence-corrected chi connectivity index (χ4v) is 2.89. The van der Waals surface area contributed by atoms with E-state index in [1.807, 2.05) is 36.2 Å². The summed E-state index contributed by atoms with van der Waals surface area (Å²) in [7, 11) is 3.51. The SMILES string of the molecule is COc1cccc(CC(=O)N(C)C2CCCCC2N)c1. The van der Waals surface area contributed by atoms with Gasteiger partial charge in [-0.25, -0.2) is 0 Å². The van der Waals surface area contributed by atoms with Gasteiger partial charge in [-0.1, -0.05) is 25.0 Å². The third-order valence-electron chi connectivity index (χ3n) is 4.16. The molecule has 1 saturated carbocycles. The standard InChI is InChI=1S/C16H24N2O2/c1-18(15-9-4-3-8-14(15)17)16(19)11-12-6-5-7-13(10-12)20-2/h5-7,10,14-15H,3-4,8-9,11,17H2,1-2H3. The minimum absolute atomic E-state index is 0.114. The molecule has 0 spiro atoms. The van der Waals surface area contributed by atoms with E-state index in [1.165, 1.54) is 6.42 Å². The van der Waals surface area contributed by atoms with Crippen molar-refractivity contribution in [1.29, 1.82) is 0 Å². The number of likely N-dealkylation sites (N-methyl/N-ethyl adjacent to an activating group) is 1. The average molecular weight is 276 g/mol. The summed E-state index contributed by atoms with van der Waals surface area (Å²) < 4.78 is 5.19. The predicted octanol–water partition coefficient (Wildman–Crippen LogP) is 1.97. The lowest BCUT2D eigenvalue weighted by molar-refractivity contribution is -0.132. The molecule has 0 saturated heterocycles. The second-order valence-corrected chi connectivity index (χ2v) is 5.55. The quantitative estimate of drug-likeness (QED) is 0.914. The zero-order chi connectivity index (χ0) is 14.5. The van der Waals surface area contributed by atoms with E-state index in [0.29, 0.717) is 6.42 Å². The van der Waals surface area contributed by atoms with Crippen LogP contribution in [-0.4, -0.2) is 37.0 Å². The van der Waals surface area contributed by atoms with Crippen molar-refractivity contribution in [2.24, 2.45) is 5.73 Å². The molecule has 1 amide bonds. The highest BCUT2D eigenvalue weighted by Crippen LogP contribution is 2.22. The molecule has 1 aliphatic carbocycles. The molecule has 2 rings (SSSR count). The van der Waals surface area contributed by atoms with Crippen molar-refractivity contribution < 1.29 is 9.53 Å². The molecule has 4 nitrogen and oxygen atoms in total. The molecule has 1 aliphatic rings. The molecule has 0 aromatic heterocycles. The van der Waals surface area contributed by atoms with Gasteiger partial charge in [0.15, 0.2) is 0 Å². The molecular weight excluding hydrogens is 252 g/mol. The molecule has 20 heavy (non-hydrogen) atoms. The molecule has 1 fully saturated rings. The van der Waals surface area contributed by atoms with E-state index in [1.54, 1.807) is 7.11 Å². The maximum absolute atomic E-state index is 12.4. The van der Waals surface area contributed by atoms with Gasteiger partial charge in [0.05, 0.1) is 13.5 Å². The lowest BCUT2D eigenvalue weighted by Gasteiger charge is -2.36. The summed E-state index contributed by atoms with van der Waals surface area (Å²) in [5, 5.41) is 0. The van der Waals surface area contributed by atoms with Gasteiger partial charge in [0.1, 0.15) is 5.75 Å². The van der Waals surface area contributed by atoms with Crippen LogP contribution in [-0.2, 0) is 11.2 Å². The number of ether oxygens (including phenoxy) is 1. The average Bonchev–Trinajstić information content (AvgIpc) is 2.47. The summed E-state index contributed by atoms with van der Waals surface area (Å²) in [6.07, 6.45) is 4.77. The minimum atomic E-state index is 0.114. The first kappa shape index (κ1) is 14.9. The predicted molar refractivity (Wildman–Crippen MR) is 79.7 cm³/mol. The Kier molecular flexibility index (Phi) is 5.01. The van der Waals surface area contributed by atoms with E-state index in [0.717, 1.165) is 30.6 Å². The third-order valence-corrected chi connectivity index (χ3v) is 4.16. The Morgan fingerprint density at radius 3 is 2.85 bits per heavy atom. The fraction of sp³-hybridized carbons (Fsp3) is 0.562. The van der Waals surface area contributed by atoms with Gasteiger partial charge >= 0.3 is 0 Å². The molecule has 2 unspecified atom stereocenters. The second kappa shape index (κ2) is 6.75. The molecule has 0 radical (unpaired) electrons. The highest BCUT2D eigenvalue weighted by Gasteiger charge is 2.28. The number of carbonyl (C=O) groups is 1. The largest absolute Gasteiger partial charge is 0.497 e. The number of hydrogen-bond donors (Lipinski definition) is 1. The highest BCUT2D eigenvalue weighted by molar-refractivity contribution is 5.79. The van der Waals surface area contributed by atoms with Gasteiger partial charge in [0.2, 0.25) is 5.91 Å². The van der Waals surface area contributed by atoms with Crippen molar-refractivity contribution in [1.82, 2.24) is 4.90 Å². The molecule has 1 aromatic carbocycles. The van der Waals surface area contributed by atoms with Crippen LogP contribution in [0.4, 0.5) is 0 Å². The molecule has 4 heteroatoms. The summed E-state index contributed by atoms with van der Waals surface area (Å²) in [5.74, 6) is 0.910. The molecule has 110 valence electrons. The van der Waals surface area contributed by atoms with Crippen LogP contribution >= 0.6 is 0 Å². The lowest BCUT2D eigenvalue weighted by atomic mass is 9.90. The lowest BCUT2D eigenvalue weighted by Crippen LogP contribution is -2.50. The molecule has 1 aromatic rings. The van der Waals surface area contributed by atoms with Gasteiger partial charge < -0.3 is 15.4 Å². The van der Waals surface area contributed by atoms with Crippen molar-refractivity contribution in [3.8, 4) is 5.75 Å². The topological polar surface area (TPSA) is 55.6 Å². The van der Waals surface area contributed by atoms with Crippen molar-refractivity contribution in [3.63, 3.8) is 0 Å².